The molecule has 3 rings (SSSR count). The maximum atomic E-state index is 12.0. The minimum Gasteiger partial charge on any atom is -0.497 e. The Morgan fingerprint density at radius 2 is 1.92 bits per heavy atom. The lowest BCUT2D eigenvalue weighted by Gasteiger charge is -2.19. The Labute approximate surface area is 139 Å². The molecular weight excluding hydrogens is 306 g/mol. The van der Waals surface area contributed by atoms with Gasteiger partial charge >= 0.3 is 0 Å². The summed E-state index contributed by atoms with van der Waals surface area (Å²) in [6, 6.07) is 12.8. The van der Waals surface area contributed by atoms with Crippen LogP contribution >= 0.6 is 0 Å². The molecule has 2 aromatic carbocycles. The van der Waals surface area contributed by atoms with Crippen LogP contribution in [0.4, 0.5) is 0 Å². The minimum atomic E-state index is -0.488. The SMILES string of the molecule is COc1ccc(C2=CCOc3ccc(C(=O)N=C(N)N)cc32)cc1. The van der Waals surface area contributed by atoms with Crippen LogP contribution in [0.1, 0.15) is 21.5 Å². The second-order valence-corrected chi connectivity index (χ2v) is 5.21. The Hall–Kier alpha value is -3.28. The number of benzene rings is 2. The highest BCUT2D eigenvalue weighted by Crippen LogP contribution is 2.35. The van der Waals surface area contributed by atoms with Gasteiger partial charge in [0.2, 0.25) is 0 Å². The van der Waals surface area contributed by atoms with Crippen molar-refractivity contribution in [3.8, 4) is 11.5 Å². The number of fused-ring (bicyclic) bond motifs is 1. The molecule has 2 aromatic rings. The van der Waals surface area contributed by atoms with Gasteiger partial charge in [-0.25, -0.2) is 0 Å². The summed E-state index contributed by atoms with van der Waals surface area (Å²) >= 11 is 0. The Morgan fingerprint density at radius 1 is 1.17 bits per heavy atom. The fourth-order valence-corrected chi connectivity index (χ4v) is 2.55. The molecule has 122 valence electrons. The number of ether oxygens (including phenoxy) is 2. The molecule has 0 bridgehead atoms. The van der Waals surface area contributed by atoms with Gasteiger partial charge in [-0.3, -0.25) is 4.79 Å². The molecule has 6 heteroatoms. The van der Waals surface area contributed by atoms with E-state index in [2.05, 4.69) is 4.99 Å². The summed E-state index contributed by atoms with van der Waals surface area (Å²) in [6.45, 7) is 0.468. The summed E-state index contributed by atoms with van der Waals surface area (Å²) < 4.78 is 10.8. The third kappa shape index (κ3) is 3.08. The molecule has 0 radical (unpaired) electrons. The first kappa shape index (κ1) is 15.6. The molecule has 4 N–H and O–H groups in total. The lowest BCUT2D eigenvalue weighted by Crippen LogP contribution is -2.24. The molecule has 0 aromatic heterocycles. The third-order valence-corrected chi connectivity index (χ3v) is 3.67. The van der Waals surface area contributed by atoms with Gasteiger partial charge in [-0.15, -0.1) is 0 Å². The molecule has 0 atom stereocenters. The average Bonchev–Trinajstić information content (AvgIpc) is 2.60. The molecular formula is C18H17N3O3. The second-order valence-electron chi connectivity index (χ2n) is 5.21. The summed E-state index contributed by atoms with van der Waals surface area (Å²) in [6.07, 6.45) is 1.97. The predicted octanol–water partition coefficient (Wildman–Crippen LogP) is 1.93. The zero-order valence-corrected chi connectivity index (χ0v) is 13.2. The van der Waals surface area contributed by atoms with Crippen molar-refractivity contribution in [1.82, 2.24) is 0 Å². The molecule has 0 saturated heterocycles. The molecule has 6 nitrogen and oxygen atoms in total. The van der Waals surface area contributed by atoms with E-state index in [9.17, 15) is 4.79 Å². The van der Waals surface area contributed by atoms with Gasteiger partial charge in [0.05, 0.1) is 7.11 Å². The maximum Gasteiger partial charge on any atom is 0.280 e. The van der Waals surface area contributed by atoms with Crippen LogP contribution < -0.4 is 20.9 Å². The van der Waals surface area contributed by atoms with Crippen LogP contribution in [0.3, 0.4) is 0 Å². The lowest BCUT2D eigenvalue weighted by molar-refractivity contribution is 0.100. The predicted molar refractivity (Wildman–Crippen MR) is 92.2 cm³/mol. The minimum absolute atomic E-state index is 0.264. The number of hydrogen-bond acceptors (Lipinski definition) is 3. The number of carbonyl (C=O) groups excluding carboxylic acids is 1. The summed E-state index contributed by atoms with van der Waals surface area (Å²) in [4.78, 5) is 15.6. The van der Waals surface area contributed by atoms with Crippen LogP contribution in [0.2, 0.25) is 0 Å². The van der Waals surface area contributed by atoms with E-state index in [1.54, 1.807) is 25.3 Å². The van der Waals surface area contributed by atoms with Gasteiger partial charge in [0, 0.05) is 11.1 Å². The quantitative estimate of drug-likeness (QED) is 0.664. The van der Waals surface area contributed by atoms with Crippen molar-refractivity contribution in [2.45, 2.75) is 0 Å². The molecule has 1 aliphatic heterocycles. The van der Waals surface area contributed by atoms with Crippen LogP contribution in [-0.2, 0) is 0 Å². The number of nitrogens with zero attached hydrogens (tertiary/aromatic N) is 1. The number of nitrogens with two attached hydrogens (primary N) is 2. The number of rotatable bonds is 3. The largest absolute Gasteiger partial charge is 0.497 e. The fourth-order valence-electron chi connectivity index (χ4n) is 2.55. The van der Waals surface area contributed by atoms with E-state index in [0.717, 1.165) is 22.4 Å². The van der Waals surface area contributed by atoms with E-state index in [1.165, 1.54) is 0 Å². The van der Waals surface area contributed by atoms with Gasteiger partial charge in [0.1, 0.15) is 18.1 Å². The van der Waals surface area contributed by atoms with E-state index in [4.69, 9.17) is 20.9 Å². The van der Waals surface area contributed by atoms with Crippen molar-refractivity contribution in [2.24, 2.45) is 16.5 Å². The molecule has 0 unspecified atom stereocenters. The highest BCUT2D eigenvalue weighted by Gasteiger charge is 2.18. The molecule has 24 heavy (non-hydrogen) atoms. The molecule has 1 amide bonds. The zero-order valence-electron chi connectivity index (χ0n) is 13.2. The molecule has 1 heterocycles. The van der Waals surface area contributed by atoms with Crippen molar-refractivity contribution in [2.75, 3.05) is 13.7 Å². The molecule has 0 aliphatic carbocycles. The van der Waals surface area contributed by atoms with Crippen molar-refractivity contribution in [3.05, 3.63) is 65.2 Å². The van der Waals surface area contributed by atoms with Gasteiger partial charge in [0.25, 0.3) is 5.91 Å². The normalized spacial score (nSPS) is 12.5. The maximum absolute atomic E-state index is 12.0. The Kier molecular flexibility index (Phi) is 4.20. The van der Waals surface area contributed by atoms with E-state index in [0.29, 0.717) is 17.9 Å². The number of guanidine groups is 1. The van der Waals surface area contributed by atoms with Crippen LogP contribution in [0.15, 0.2) is 53.5 Å². The number of carbonyl (C=O) groups is 1. The topological polar surface area (TPSA) is 99.9 Å². The molecule has 1 aliphatic rings. The summed E-state index contributed by atoms with van der Waals surface area (Å²) in [5.74, 6) is 0.741. The van der Waals surface area contributed by atoms with Gasteiger partial charge in [-0.2, -0.15) is 4.99 Å². The Morgan fingerprint density at radius 3 is 2.58 bits per heavy atom. The van der Waals surface area contributed by atoms with Crippen LogP contribution in [-0.4, -0.2) is 25.6 Å². The Bertz CT molecular complexity index is 835. The standard InChI is InChI=1S/C18H17N3O3/c1-23-13-5-2-11(3-6-13)14-8-9-24-16-7-4-12(10-15(14)16)17(22)21-18(19)20/h2-8,10H,9H2,1H3,(H4,19,20,21,22). The van der Waals surface area contributed by atoms with E-state index in [1.807, 2.05) is 30.3 Å². The highest BCUT2D eigenvalue weighted by molar-refractivity contribution is 6.03. The van der Waals surface area contributed by atoms with Crippen molar-refractivity contribution in [1.29, 1.82) is 0 Å². The van der Waals surface area contributed by atoms with Gasteiger partial charge in [-0.1, -0.05) is 12.1 Å². The number of amides is 1. The van der Waals surface area contributed by atoms with Crippen molar-refractivity contribution in [3.63, 3.8) is 0 Å². The van der Waals surface area contributed by atoms with E-state index < -0.39 is 5.91 Å². The van der Waals surface area contributed by atoms with Crippen molar-refractivity contribution < 1.29 is 14.3 Å². The highest BCUT2D eigenvalue weighted by atomic mass is 16.5. The molecule has 0 saturated carbocycles. The van der Waals surface area contributed by atoms with Gasteiger partial charge in [-0.05, 0) is 47.5 Å². The first-order chi connectivity index (χ1) is 11.6. The van der Waals surface area contributed by atoms with Crippen LogP contribution in [0, 0.1) is 0 Å². The zero-order chi connectivity index (χ0) is 17.1. The Balaban J connectivity index is 2.02. The molecule has 0 fully saturated rings. The third-order valence-electron chi connectivity index (χ3n) is 3.67. The van der Waals surface area contributed by atoms with E-state index >= 15 is 0 Å². The van der Waals surface area contributed by atoms with Crippen LogP contribution in [0.5, 0.6) is 11.5 Å². The monoisotopic (exact) mass is 323 g/mol. The fraction of sp³-hybridized carbons (Fsp3) is 0.111. The lowest BCUT2D eigenvalue weighted by atomic mass is 9.94. The summed E-state index contributed by atoms with van der Waals surface area (Å²) in [7, 11) is 1.62. The van der Waals surface area contributed by atoms with Crippen molar-refractivity contribution >= 4 is 17.4 Å². The second kappa shape index (κ2) is 6.45. The first-order valence-corrected chi connectivity index (χ1v) is 7.34. The number of aliphatic imine (C=N–C) groups is 1. The van der Waals surface area contributed by atoms with Crippen LogP contribution in [0.25, 0.3) is 5.57 Å². The van der Waals surface area contributed by atoms with E-state index in [-0.39, 0.29) is 5.96 Å². The molecule has 0 spiro atoms. The summed E-state index contributed by atoms with van der Waals surface area (Å²) in [5.41, 5.74) is 13.8. The van der Waals surface area contributed by atoms with Gasteiger partial charge < -0.3 is 20.9 Å². The smallest absolute Gasteiger partial charge is 0.280 e. The first-order valence-electron chi connectivity index (χ1n) is 7.34. The van der Waals surface area contributed by atoms with Gasteiger partial charge in [0.15, 0.2) is 5.96 Å². The summed E-state index contributed by atoms with van der Waals surface area (Å²) in [5, 5.41) is 0. The average molecular weight is 323 g/mol. The number of hydrogen-bond donors (Lipinski definition) is 2. The number of methoxy groups -OCH3 is 1.